The highest BCUT2D eigenvalue weighted by molar-refractivity contribution is 6.26. The first-order chi connectivity index (χ1) is 51.1. The fraction of sp³-hybridized carbons (Fsp3) is 0.0612. The molecule has 5 heterocycles. The van der Waals surface area contributed by atoms with Gasteiger partial charge in [0.2, 0.25) is 0 Å². The summed E-state index contributed by atoms with van der Waals surface area (Å²) in [6.45, 7) is 9.53. The van der Waals surface area contributed by atoms with Gasteiger partial charge >= 0.3 is 0 Å². The van der Waals surface area contributed by atoms with Crippen LogP contribution in [-0.4, -0.2) is 19.1 Å². The Morgan fingerprint density at radius 2 is 0.673 bits per heavy atom. The first-order valence-electron chi connectivity index (χ1n) is 36.0. The zero-order chi connectivity index (χ0) is 68.8. The average molecular weight is 1330 g/mol. The van der Waals surface area contributed by atoms with E-state index in [-0.39, 0.29) is 10.8 Å². The number of hydrogen-bond acceptors (Lipinski definition) is 4. The molecule has 104 heavy (non-hydrogen) atoms. The zero-order valence-electron chi connectivity index (χ0n) is 57.6. The average Bonchev–Trinajstić information content (AvgIpc) is 1.52. The van der Waals surface area contributed by atoms with E-state index in [4.69, 9.17) is 18.8 Å². The van der Waals surface area contributed by atoms with E-state index >= 15 is 0 Å². The van der Waals surface area contributed by atoms with Gasteiger partial charge in [0, 0.05) is 81.8 Å². The molecule has 5 aromatic heterocycles. The summed E-state index contributed by atoms with van der Waals surface area (Å²) >= 11 is 0. The van der Waals surface area contributed by atoms with Crippen LogP contribution in [0.4, 0.5) is 0 Å². The monoisotopic (exact) mass is 1330 g/mol. The van der Waals surface area contributed by atoms with Crippen molar-refractivity contribution in [2.24, 2.45) is 0 Å². The summed E-state index contributed by atoms with van der Waals surface area (Å²) in [6.07, 6.45) is 0. The molecule has 0 N–H and O–H groups in total. The molecule has 23 rings (SSSR count). The summed E-state index contributed by atoms with van der Waals surface area (Å²) in [7, 11) is 0. The molecule has 0 spiro atoms. The maximum atomic E-state index is 6.37. The Morgan fingerprint density at radius 3 is 1.19 bits per heavy atom. The van der Waals surface area contributed by atoms with Crippen molar-refractivity contribution in [3.63, 3.8) is 0 Å². The largest absolute Gasteiger partial charge is 0.456 e. The van der Waals surface area contributed by atoms with Crippen LogP contribution in [0.3, 0.4) is 0 Å². The van der Waals surface area contributed by atoms with Crippen LogP contribution in [0.5, 0.6) is 0 Å². The molecular weight excluding hydrogens is 1270 g/mol. The third kappa shape index (κ3) is 8.33. The third-order valence-corrected chi connectivity index (χ3v) is 23.1. The van der Waals surface area contributed by atoms with Crippen LogP contribution >= 0.6 is 0 Å². The molecule has 2 aliphatic rings. The zero-order valence-corrected chi connectivity index (χ0v) is 57.6. The molecule has 0 saturated carbocycles. The smallest absolute Gasteiger partial charge is 0.160 e. The van der Waals surface area contributed by atoms with Gasteiger partial charge in [-0.3, -0.25) is 0 Å². The number of nitrogens with zero attached hydrogens (tertiary/aromatic N) is 4. The molecule has 0 aliphatic heterocycles. The minimum absolute atomic E-state index is 0.193. The fourth-order valence-electron chi connectivity index (χ4n) is 18.4. The van der Waals surface area contributed by atoms with Crippen LogP contribution in [0.25, 0.3) is 198 Å². The Bertz CT molecular complexity index is 7230. The molecule has 0 radical (unpaired) electrons. The standard InChI is InChI=1S/C51H33NO.C47H31N3O/c1-51(2)44-28-43-38-15-8-10-18-47(38)53-48(43)29-42(44)39-25-26-46-49(50(39)51)40-16-7-9-17-45(40)52(46)32-22-19-30(20-23-32)31-21-24-37-35-13-4-3-11-33(35)34-12-5-6-14-36(34)41(37)27-31;1-47(2)37-26-36-31-14-8-11-19-41(31)51-42(36)27-35(37)32-24-25-40-43(44(32)47)34-16-7-10-18-39(34)50(40)30-22-20-29(21-23-30)46-48-38-17-9-6-15-33(38)45(49-46)28-12-4-3-5-13-28/h3-29H,1-2H3;3-27H,1-2H3. The Hall–Kier alpha value is -13.2. The lowest BCUT2D eigenvalue weighted by Gasteiger charge is -2.23. The number of para-hydroxylation sites is 5. The summed E-state index contributed by atoms with van der Waals surface area (Å²) in [4.78, 5) is 10.1. The van der Waals surface area contributed by atoms with E-state index in [0.717, 1.165) is 72.6 Å². The molecule has 16 aromatic carbocycles. The van der Waals surface area contributed by atoms with E-state index in [1.807, 2.05) is 30.3 Å². The van der Waals surface area contributed by atoms with E-state index in [2.05, 4.69) is 322 Å². The Kier molecular flexibility index (Phi) is 12.2. The minimum Gasteiger partial charge on any atom is -0.456 e. The van der Waals surface area contributed by atoms with E-state index in [9.17, 15) is 0 Å². The summed E-state index contributed by atoms with van der Waals surface area (Å²) in [5.74, 6) is 0.720. The fourth-order valence-corrected chi connectivity index (χ4v) is 18.4. The first-order valence-corrected chi connectivity index (χ1v) is 36.0. The number of furan rings is 2. The number of fused-ring (bicyclic) bond motifs is 27. The van der Waals surface area contributed by atoms with Crippen LogP contribution < -0.4 is 0 Å². The summed E-state index contributed by atoms with van der Waals surface area (Å²) in [6, 6.07) is 114. The molecular formula is C98H64N4O2. The van der Waals surface area contributed by atoms with Gasteiger partial charge < -0.3 is 18.0 Å². The van der Waals surface area contributed by atoms with Crippen molar-refractivity contribution in [2.45, 2.75) is 38.5 Å². The number of hydrogen-bond donors (Lipinski definition) is 0. The van der Waals surface area contributed by atoms with Crippen LogP contribution in [0, 0.1) is 0 Å². The molecule has 0 fully saturated rings. The molecule has 0 saturated heterocycles. The highest BCUT2D eigenvalue weighted by Crippen LogP contribution is 2.57. The molecule has 0 unspecified atom stereocenters. The highest BCUT2D eigenvalue weighted by Gasteiger charge is 2.41. The summed E-state index contributed by atoms with van der Waals surface area (Å²) in [5.41, 5.74) is 27.4. The Morgan fingerprint density at radius 1 is 0.260 bits per heavy atom. The molecule has 488 valence electrons. The van der Waals surface area contributed by atoms with Gasteiger partial charge in [-0.25, -0.2) is 9.97 Å². The number of aromatic nitrogens is 4. The molecule has 0 atom stereocenters. The molecule has 6 nitrogen and oxygen atoms in total. The topological polar surface area (TPSA) is 61.9 Å². The van der Waals surface area contributed by atoms with Gasteiger partial charge in [0.15, 0.2) is 5.82 Å². The third-order valence-electron chi connectivity index (χ3n) is 23.1. The lowest BCUT2D eigenvalue weighted by molar-refractivity contribution is 0.661. The molecule has 0 amide bonds. The van der Waals surface area contributed by atoms with Gasteiger partial charge in [-0.15, -0.1) is 0 Å². The number of benzene rings is 16. The molecule has 21 aromatic rings. The first kappa shape index (κ1) is 58.6. The van der Waals surface area contributed by atoms with Crippen molar-refractivity contribution in [2.75, 3.05) is 0 Å². The van der Waals surface area contributed by atoms with Crippen LogP contribution in [0.15, 0.2) is 324 Å². The van der Waals surface area contributed by atoms with Gasteiger partial charge in [0.1, 0.15) is 22.3 Å². The molecule has 6 heteroatoms. The highest BCUT2D eigenvalue weighted by atomic mass is 16.3. The minimum atomic E-state index is -0.209. The van der Waals surface area contributed by atoms with Gasteiger partial charge in [0.05, 0.1) is 33.3 Å². The molecule has 0 bridgehead atoms. The van der Waals surface area contributed by atoms with Crippen molar-refractivity contribution in [1.29, 1.82) is 0 Å². The van der Waals surface area contributed by atoms with Crippen molar-refractivity contribution in [3.8, 4) is 67.4 Å². The van der Waals surface area contributed by atoms with E-state index < -0.39 is 0 Å². The maximum absolute atomic E-state index is 6.37. The normalized spacial score (nSPS) is 13.5. The second-order valence-corrected chi connectivity index (χ2v) is 29.4. The quantitative estimate of drug-likeness (QED) is 0.161. The lowest BCUT2D eigenvalue weighted by atomic mass is 9.80. The van der Waals surface area contributed by atoms with E-state index in [0.29, 0.717) is 0 Å². The summed E-state index contributed by atoms with van der Waals surface area (Å²) in [5, 5.41) is 18.7. The van der Waals surface area contributed by atoms with E-state index in [1.165, 1.54) is 148 Å². The molecule has 2 aliphatic carbocycles. The predicted octanol–water partition coefficient (Wildman–Crippen LogP) is 26.4. The lowest BCUT2D eigenvalue weighted by Crippen LogP contribution is -2.15. The van der Waals surface area contributed by atoms with Crippen LogP contribution in [0.2, 0.25) is 0 Å². The van der Waals surface area contributed by atoms with Crippen molar-refractivity contribution in [1.82, 2.24) is 19.1 Å². The van der Waals surface area contributed by atoms with Gasteiger partial charge in [0.25, 0.3) is 0 Å². The van der Waals surface area contributed by atoms with Crippen molar-refractivity contribution in [3.05, 3.63) is 338 Å². The number of rotatable bonds is 5. The predicted molar refractivity (Wildman–Crippen MR) is 433 cm³/mol. The second-order valence-electron chi connectivity index (χ2n) is 29.4. The Balaban J connectivity index is 0.000000131. The van der Waals surface area contributed by atoms with Crippen LogP contribution in [0.1, 0.15) is 49.9 Å². The van der Waals surface area contributed by atoms with Gasteiger partial charge in [-0.1, -0.05) is 234 Å². The van der Waals surface area contributed by atoms with Gasteiger partial charge in [-0.05, 0) is 197 Å². The maximum Gasteiger partial charge on any atom is 0.160 e. The van der Waals surface area contributed by atoms with Crippen molar-refractivity contribution >= 4 is 131 Å². The Labute approximate surface area is 598 Å². The summed E-state index contributed by atoms with van der Waals surface area (Å²) < 4.78 is 17.6. The van der Waals surface area contributed by atoms with Crippen LogP contribution in [-0.2, 0) is 10.8 Å². The van der Waals surface area contributed by atoms with Gasteiger partial charge in [-0.2, -0.15) is 0 Å². The second kappa shape index (κ2) is 21.7. The van der Waals surface area contributed by atoms with Crippen molar-refractivity contribution < 1.29 is 8.83 Å². The SMILES string of the molecule is CC1(C)c2cc3c(cc2-c2ccc4c(c21)c1ccccc1n4-c1ccc(-c2ccc4c5ccccc5c5ccccc5c4c2)cc1)oc1ccccc13.CC1(C)c2cc3c(cc2-c2ccc4c(c21)c1ccccc1n4-c1ccc(-c2nc(-c4ccccc4)c4ccccc4n2)cc1)oc1ccccc13. The van der Waals surface area contributed by atoms with E-state index in [1.54, 1.807) is 0 Å².